The van der Waals surface area contributed by atoms with E-state index in [1.54, 1.807) is 32.9 Å². The minimum atomic E-state index is -3.95. The van der Waals surface area contributed by atoms with Gasteiger partial charge in [-0.05, 0) is 58.2 Å². The summed E-state index contributed by atoms with van der Waals surface area (Å²) in [5, 5.41) is 2.84. The van der Waals surface area contributed by atoms with Gasteiger partial charge in [0, 0.05) is 6.42 Å². The summed E-state index contributed by atoms with van der Waals surface area (Å²) < 4.78 is 34.8. The Morgan fingerprint density at radius 1 is 0.971 bits per heavy atom. The van der Waals surface area contributed by atoms with Crippen LogP contribution < -0.4 is 10.0 Å². The van der Waals surface area contributed by atoms with Gasteiger partial charge in [-0.1, -0.05) is 67.3 Å². The zero-order valence-corrected chi connectivity index (χ0v) is 21.8. The van der Waals surface area contributed by atoms with Gasteiger partial charge in [0.1, 0.15) is 17.2 Å². The Morgan fingerprint density at radius 3 is 2.14 bits per heavy atom. The fourth-order valence-corrected chi connectivity index (χ4v) is 5.70. The van der Waals surface area contributed by atoms with Gasteiger partial charge in [-0.15, -0.1) is 0 Å². The molecule has 7 nitrogen and oxygen atoms in total. The van der Waals surface area contributed by atoms with Crippen molar-refractivity contribution < 1.29 is 22.7 Å². The Bertz CT molecular complexity index is 1120. The summed E-state index contributed by atoms with van der Waals surface area (Å²) in [5.41, 5.74) is -0.262. The first-order chi connectivity index (χ1) is 16.4. The molecule has 0 bridgehead atoms. The Kier molecular flexibility index (Phi) is 8.38. The lowest BCUT2D eigenvalue weighted by atomic mass is 9.81. The van der Waals surface area contributed by atoms with Gasteiger partial charge < -0.3 is 10.1 Å². The van der Waals surface area contributed by atoms with Gasteiger partial charge in [0.05, 0.1) is 4.90 Å². The summed E-state index contributed by atoms with van der Waals surface area (Å²) in [7, 11) is -3.95. The van der Waals surface area contributed by atoms with Gasteiger partial charge in [0.2, 0.25) is 15.9 Å². The molecule has 0 radical (unpaired) electrons. The lowest BCUT2D eigenvalue weighted by molar-refractivity contribution is -0.159. The second kappa shape index (κ2) is 10.9. The van der Waals surface area contributed by atoms with Crippen LogP contribution in [0.25, 0.3) is 0 Å². The topological polar surface area (TPSA) is 102 Å². The molecular weight excluding hydrogens is 464 g/mol. The molecule has 1 saturated carbocycles. The van der Waals surface area contributed by atoms with Crippen molar-refractivity contribution >= 4 is 21.9 Å². The van der Waals surface area contributed by atoms with Crippen LogP contribution in [-0.2, 0) is 30.8 Å². The lowest BCUT2D eigenvalue weighted by Gasteiger charge is -2.37. The maximum absolute atomic E-state index is 13.7. The standard InChI is InChI=1S/C27H36N2O5S/c1-20-13-15-22(16-14-20)35(32,33)29-27(17-9-6-10-18-27)25(31)28-23(24(30)34-26(2,3)4)19-21-11-7-5-8-12-21/h5,7-8,11-16,23,29H,6,9-10,17-19H2,1-4H3,(H,28,31)/t23-/m1/s1. The molecule has 0 spiro atoms. The van der Waals surface area contributed by atoms with Crippen LogP contribution in [0, 0.1) is 6.92 Å². The van der Waals surface area contributed by atoms with Crippen molar-refractivity contribution in [2.24, 2.45) is 0 Å². The van der Waals surface area contributed by atoms with Crippen LogP contribution >= 0.6 is 0 Å². The molecule has 2 aromatic rings. The number of carbonyl (C=O) groups excluding carboxylic acids is 2. The first-order valence-electron chi connectivity index (χ1n) is 12.1. The van der Waals surface area contributed by atoms with Crippen LogP contribution in [-0.4, -0.2) is 37.5 Å². The predicted octanol–water partition coefficient (Wildman–Crippen LogP) is 4.05. The first kappa shape index (κ1) is 26.9. The number of aryl methyl sites for hydroxylation is 1. The summed E-state index contributed by atoms with van der Waals surface area (Å²) in [4.78, 5) is 26.9. The second-order valence-electron chi connectivity index (χ2n) is 10.3. The predicted molar refractivity (Wildman–Crippen MR) is 135 cm³/mol. The highest BCUT2D eigenvalue weighted by atomic mass is 32.2. The Labute approximate surface area is 208 Å². The molecule has 190 valence electrons. The zero-order valence-electron chi connectivity index (χ0n) is 21.0. The Morgan fingerprint density at radius 2 is 1.57 bits per heavy atom. The minimum absolute atomic E-state index is 0.105. The molecule has 1 aliphatic carbocycles. The number of benzene rings is 2. The van der Waals surface area contributed by atoms with Gasteiger partial charge in [-0.25, -0.2) is 13.2 Å². The van der Waals surface area contributed by atoms with Gasteiger partial charge in [0.25, 0.3) is 0 Å². The molecule has 3 rings (SSSR count). The molecule has 8 heteroatoms. The van der Waals surface area contributed by atoms with Crippen molar-refractivity contribution in [2.75, 3.05) is 0 Å². The second-order valence-corrected chi connectivity index (χ2v) is 12.0. The number of sulfonamides is 1. The van der Waals surface area contributed by atoms with Crippen molar-refractivity contribution in [3.8, 4) is 0 Å². The Balaban J connectivity index is 1.88. The molecule has 1 atom stereocenters. The van der Waals surface area contributed by atoms with E-state index < -0.39 is 39.1 Å². The highest BCUT2D eigenvalue weighted by molar-refractivity contribution is 7.89. The lowest BCUT2D eigenvalue weighted by Crippen LogP contribution is -2.62. The summed E-state index contributed by atoms with van der Waals surface area (Å²) in [6.07, 6.45) is 3.29. The van der Waals surface area contributed by atoms with E-state index in [2.05, 4.69) is 10.0 Å². The fourth-order valence-electron chi connectivity index (χ4n) is 4.28. The third-order valence-electron chi connectivity index (χ3n) is 6.08. The number of hydrogen-bond donors (Lipinski definition) is 2. The molecule has 2 aromatic carbocycles. The molecule has 0 saturated heterocycles. The number of ether oxygens (including phenoxy) is 1. The van der Waals surface area contributed by atoms with Crippen LogP contribution in [0.15, 0.2) is 59.5 Å². The Hall–Kier alpha value is -2.71. The number of carbonyl (C=O) groups is 2. The van der Waals surface area contributed by atoms with Crippen LogP contribution in [0.1, 0.15) is 64.0 Å². The van der Waals surface area contributed by atoms with Crippen LogP contribution in [0.4, 0.5) is 0 Å². The van der Waals surface area contributed by atoms with E-state index in [-0.39, 0.29) is 11.3 Å². The van der Waals surface area contributed by atoms with E-state index in [9.17, 15) is 18.0 Å². The molecule has 2 N–H and O–H groups in total. The number of rotatable bonds is 8. The number of esters is 1. The molecule has 1 amide bonds. The summed E-state index contributed by atoms with van der Waals surface area (Å²) >= 11 is 0. The average Bonchev–Trinajstić information content (AvgIpc) is 2.78. The zero-order chi connectivity index (χ0) is 25.7. The van der Waals surface area contributed by atoms with Gasteiger partial charge in [0.15, 0.2) is 0 Å². The third kappa shape index (κ3) is 7.39. The molecule has 0 heterocycles. The maximum Gasteiger partial charge on any atom is 0.329 e. The summed E-state index contributed by atoms with van der Waals surface area (Å²) in [6, 6.07) is 14.9. The maximum atomic E-state index is 13.7. The van der Waals surface area contributed by atoms with Gasteiger partial charge in [-0.3, -0.25) is 4.79 Å². The number of hydrogen-bond acceptors (Lipinski definition) is 5. The molecule has 0 unspecified atom stereocenters. The van der Waals surface area contributed by atoms with E-state index in [0.717, 1.165) is 17.5 Å². The highest BCUT2D eigenvalue weighted by Gasteiger charge is 2.44. The van der Waals surface area contributed by atoms with Crippen LogP contribution in [0.3, 0.4) is 0 Å². The van der Waals surface area contributed by atoms with Crippen molar-refractivity contribution in [2.45, 2.75) is 88.3 Å². The largest absolute Gasteiger partial charge is 0.458 e. The molecule has 1 fully saturated rings. The fraction of sp³-hybridized carbons (Fsp3) is 0.481. The van der Waals surface area contributed by atoms with Crippen molar-refractivity contribution in [3.63, 3.8) is 0 Å². The number of amides is 1. The van der Waals surface area contributed by atoms with E-state index in [0.29, 0.717) is 25.7 Å². The highest BCUT2D eigenvalue weighted by Crippen LogP contribution is 2.31. The minimum Gasteiger partial charge on any atom is -0.458 e. The van der Waals surface area contributed by atoms with Gasteiger partial charge in [-0.2, -0.15) is 4.72 Å². The molecule has 0 aromatic heterocycles. The van der Waals surface area contributed by atoms with Crippen molar-refractivity contribution in [1.82, 2.24) is 10.0 Å². The molecule has 35 heavy (non-hydrogen) atoms. The van der Waals surface area contributed by atoms with E-state index >= 15 is 0 Å². The summed E-state index contributed by atoms with van der Waals surface area (Å²) in [5.74, 6) is -1.05. The number of nitrogens with one attached hydrogen (secondary N) is 2. The van der Waals surface area contributed by atoms with E-state index in [1.807, 2.05) is 37.3 Å². The van der Waals surface area contributed by atoms with Crippen LogP contribution in [0.2, 0.25) is 0 Å². The normalized spacial score (nSPS) is 16.8. The van der Waals surface area contributed by atoms with Gasteiger partial charge >= 0.3 is 5.97 Å². The van der Waals surface area contributed by atoms with Crippen molar-refractivity contribution in [3.05, 3.63) is 65.7 Å². The SMILES string of the molecule is Cc1ccc(S(=O)(=O)NC2(C(=O)N[C@H](Cc3ccccc3)C(=O)OC(C)(C)C)CCCCC2)cc1. The third-order valence-corrected chi connectivity index (χ3v) is 7.63. The van der Waals surface area contributed by atoms with Crippen LogP contribution in [0.5, 0.6) is 0 Å². The smallest absolute Gasteiger partial charge is 0.329 e. The molecule has 1 aliphatic rings. The summed E-state index contributed by atoms with van der Waals surface area (Å²) in [6.45, 7) is 7.18. The van der Waals surface area contributed by atoms with E-state index in [1.165, 1.54) is 12.1 Å². The monoisotopic (exact) mass is 500 g/mol. The van der Waals surface area contributed by atoms with E-state index in [4.69, 9.17) is 4.74 Å². The van der Waals surface area contributed by atoms with Crippen molar-refractivity contribution in [1.29, 1.82) is 0 Å². The first-order valence-corrected chi connectivity index (χ1v) is 13.6. The average molecular weight is 501 g/mol. The molecular formula is C27H36N2O5S. The molecule has 0 aliphatic heterocycles. The quantitative estimate of drug-likeness (QED) is 0.533.